The van der Waals surface area contributed by atoms with Gasteiger partial charge in [0.05, 0.1) is 4.91 Å². The lowest BCUT2D eigenvalue weighted by Gasteiger charge is -2.02. The molecule has 3 nitrogen and oxygen atoms in total. The van der Waals surface area contributed by atoms with Crippen molar-refractivity contribution in [2.75, 3.05) is 7.05 Å². The van der Waals surface area contributed by atoms with E-state index in [1.807, 2.05) is 0 Å². The number of rotatable bonds is 1. The summed E-state index contributed by atoms with van der Waals surface area (Å²) < 4.78 is 0. The van der Waals surface area contributed by atoms with Crippen molar-refractivity contribution in [1.82, 2.24) is 4.90 Å². The van der Waals surface area contributed by atoms with Crippen molar-refractivity contribution in [3.63, 3.8) is 0 Å². The van der Waals surface area contributed by atoms with Crippen LogP contribution in [0.1, 0.15) is 5.56 Å². The summed E-state index contributed by atoms with van der Waals surface area (Å²) in [5, 5.41) is 0.683. The maximum Gasteiger partial charge on any atom is 0.293 e. The number of hydrogen-bond donors (Lipinski definition) is 0. The number of halogens is 2. The summed E-state index contributed by atoms with van der Waals surface area (Å²) in [6.07, 6.45) is 1.59. The summed E-state index contributed by atoms with van der Waals surface area (Å²) in [5.41, 5.74) is 0.662. The Bertz CT molecular complexity index is 542. The maximum absolute atomic E-state index is 11.6. The van der Waals surface area contributed by atoms with E-state index < -0.39 is 0 Å². The Kier molecular flexibility index (Phi) is 3.47. The molecular formula is C11H7Cl2NO2S. The van der Waals surface area contributed by atoms with E-state index in [9.17, 15) is 9.59 Å². The summed E-state index contributed by atoms with van der Waals surface area (Å²) >= 11 is 12.6. The van der Waals surface area contributed by atoms with Crippen LogP contribution in [0.25, 0.3) is 6.08 Å². The predicted octanol–water partition coefficient (Wildman–Crippen LogP) is 3.66. The number of likely N-dealkylation sites (N-methyl/N-ethyl adjacent to an activating group) is 1. The van der Waals surface area contributed by atoms with Crippen LogP contribution in [0.4, 0.5) is 4.79 Å². The second-order valence-corrected chi connectivity index (χ2v) is 5.24. The smallest absolute Gasteiger partial charge is 0.272 e. The zero-order valence-electron chi connectivity index (χ0n) is 8.74. The first kappa shape index (κ1) is 12.5. The maximum atomic E-state index is 11.6. The molecule has 2 rings (SSSR count). The Morgan fingerprint density at radius 1 is 1.29 bits per heavy atom. The van der Waals surface area contributed by atoms with E-state index in [4.69, 9.17) is 23.2 Å². The normalized spacial score (nSPS) is 18.3. The van der Waals surface area contributed by atoms with Crippen molar-refractivity contribution in [3.8, 4) is 0 Å². The summed E-state index contributed by atoms with van der Waals surface area (Å²) in [6, 6.07) is 4.97. The molecule has 0 unspecified atom stereocenters. The third kappa shape index (κ3) is 2.49. The molecule has 0 radical (unpaired) electrons. The van der Waals surface area contributed by atoms with E-state index in [-0.39, 0.29) is 11.1 Å². The van der Waals surface area contributed by atoms with Gasteiger partial charge in [0.25, 0.3) is 11.1 Å². The molecule has 0 aromatic heterocycles. The second-order valence-electron chi connectivity index (χ2n) is 3.41. The number of imide groups is 1. The Morgan fingerprint density at radius 2 is 2.00 bits per heavy atom. The van der Waals surface area contributed by atoms with Gasteiger partial charge in [0.1, 0.15) is 0 Å². The monoisotopic (exact) mass is 287 g/mol. The molecule has 6 heteroatoms. The van der Waals surface area contributed by atoms with Crippen molar-refractivity contribution >= 4 is 52.2 Å². The molecule has 1 aromatic carbocycles. The number of thioether (sulfide) groups is 1. The van der Waals surface area contributed by atoms with Crippen LogP contribution in [0.15, 0.2) is 23.1 Å². The largest absolute Gasteiger partial charge is 0.293 e. The lowest BCUT2D eigenvalue weighted by molar-refractivity contribution is -0.121. The second kappa shape index (κ2) is 4.72. The van der Waals surface area contributed by atoms with Crippen LogP contribution in [0.2, 0.25) is 10.0 Å². The summed E-state index contributed by atoms with van der Waals surface area (Å²) in [7, 11) is 1.45. The highest BCUT2D eigenvalue weighted by Crippen LogP contribution is 2.32. The highest BCUT2D eigenvalue weighted by atomic mass is 35.5. The van der Waals surface area contributed by atoms with Gasteiger partial charge in [-0.15, -0.1) is 0 Å². The van der Waals surface area contributed by atoms with E-state index in [0.717, 1.165) is 16.7 Å². The molecule has 0 aliphatic carbocycles. The molecule has 1 aliphatic heterocycles. The highest BCUT2D eigenvalue weighted by Gasteiger charge is 2.31. The molecule has 1 aromatic rings. The molecule has 1 saturated heterocycles. The first-order chi connectivity index (χ1) is 7.99. The topological polar surface area (TPSA) is 37.4 Å². The van der Waals surface area contributed by atoms with Gasteiger partial charge in [0.15, 0.2) is 0 Å². The lowest BCUT2D eigenvalue weighted by atomic mass is 10.2. The SMILES string of the molecule is CN1C(=O)S/C(=C\c2ccc(Cl)cc2Cl)C1=O. The van der Waals surface area contributed by atoms with Gasteiger partial charge >= 0.3 is 0 Å². The molecule has 1 heterocycles. The molecule has 0 bridgehead atoms. The fourth-order valence-electron chi connectivity index (χ4n) is 1.31. The molecule has 0 atom stereocenters. The zero-order valence-corrected chi connectivity index (χ0v) is 11.1. The van der Waals surface area contributed by atoms with E-state index in [2.05, 4.69) is 0 Å². The van der Waals surface area contributed by atoms with E-state index in [1.54, 1.807) is 24.3 Å². The fraction of sp³-hybridized carbons (Fsp3) is 0.0909. The van der Waals surface area contributed by atoms with Crippen molar-refractivity contribution < 1.29 is 9.59 Å². The average molecular weight is 288 g/mol. The number of carbonyl (C=O) groups excluding carboxylic acids is 2. The van der Waals surface area contributed by atoms with Gasteiger partial charge < -0.3 is 0 Å². The van der Waals surface area contributed by atoms with Gasteiger partial charge in [-0.25, -0.2) is 0 Å². The first-order valence-corrected chi connectivity index (χ1v) is 6.23. The molecule has 0 saturated carbocycles. The fourth-order valence-corrected chi connectivity index (χ4v) is 2.59. The number of hydrogen-bond acceptors (Lipinski definition) is 3. The Labute approximate surface area is 112 Å². The van der Waals surface area contributed by atoms with Gasteiger partial charge in [-0.2, -0.15) is 0 Å². The van der Waals surface area contributed by atoms with Crippen LogP contribution >= 0.6 is 35.0 Å². The van der Waals surface area contributed by atoms with Crippen LogP contribution in [0.3, 0.4) is 0 Å². The quantitative estimate of drug-likeness (QED) is 0.740. The third-order valence-electron chi connectivity index (χ3n) is 2.24. The molecule has 0 N–H and O–H groups in total. The minimum Gasteiger partial charge on any atom is -0.272 e. The molecule has 88 valence electrons. The highest BCUT2D eigenvalue weighted by molar-refractivity contribution is 8.18. The Hall–Kier alpha value is -0.970. The molecule has 1 aliphatic rings. The van der Waals surface area contributed by atoms with Crippen LogP contribution < -0.4 is 0 Å². The molecule has 2 amide bonds. The van der Waals surface area contributed by atoms with E-state index >= 15 is 0 Å². The standard InChI is InChI=1S/C11H7Cl2NO2S/c1-14-10(15)9(17-11(14)16)4-6-2-3-7(12)5-8(6)13/h2-5H,1H3/b9-4-. The average Bonchev–Trinajstić information content (AvgIpc) is 2.50. The summed E-state index contributed by atoms with van der Waals surface area (Å²) in [5.74, 6) is -0.314. The number of benzene rings is 1. The Morgan fingerprint density at radius 3 is 2.53 bits per heavy atom. The van der Waals surface area contributed by atoms with Crippen molar-refractivity contribution in [2.24, 2.45) is 0 Å². The third-order valence-corrected chi connectivity index (χ3v) is 3.76. The molecule has 0 spiro atoms. The molecule has 17 heavy (non-hydrogen) atoms. The minimum atomic E-state index is -0.314. The van der Waals surface area contributed by atoms with Gasteiger partial charge in [0, 0.05) is 17.1 Å². The van der Waals surface area contributed by atoms with Crippen LogP contribution in [-0.4, -0.2) is 23.1 Å². The number of carbonyl (C=O) groups is 2. The zero-order chi connectivity index (χ0) is 12.6. The number of nitrogens with zero attached hydrogens (tertiary/aromatic N) is 1. The summed E-state index contributed by atoms with van der Waals surface area (Å²) in [6.45, 7) is 0. The minimum absolute atomic E-state index is 0.286. The van der Waals surface area contributed by atoms with E-state index in [1.165, 1.54) is 7.05 Å². The molecular weight excluding hydrogens is 281 g/mol. The van der Waals surface area contributed by atoms with Crippen LogP contribution in [-0.2, 0) is 4.79 Å². The van der Waals surface area contributed by atoms with Gasteiger partial charge in [-0.05, 0) is 35.5 Å². The number of amides is 2. The van der Waals surface area contributed by atoms with Gasteiger partial charge in [0.2, 0.25) is 0 Å². The van der Waals surface area contributed by atoms with Gasteiger partial charge in [-0.1, -0.05) is 29.3 Å². The first-order valence-electron chi connectivity index (χ1n) is 4.65. The van der Waals surface area contributed by atoms with Crippen molar-refractivity contribution in [2.45, 2.75) is 0 Å². The van der Waals surface area contributed by atoms with E-state index in [0.29, 0.717) is 20.5 Å². The predicted molar refractivity (Wildman–Crippen MR) is 70.2 cm³/mol. The van der Waals surface area contributed by atoms with Crippen LogP contribution in [0.5, 0.6) is 0 Å². The Balaban J connectivity index is 2.37. The van der Waals surface area contributed by atoms with Crippen molar-refractivity contribution in [3.05, 3.63) is 38.7 Å². The molecule has 1 fully saturated rings. The van der Waals surface area contributed by atoms with Crippen LogP contribution in [0, 0.1) is 0 Å². The van der Waals surface area contributed by atoms with Crippen molar-refractivity contribution in [1.29, 1.82) is 0 Å². The van der Waals surface area contributed by atoms with Gasteiger partial charge in [-0.3, -0.25) is 14.5 Å². The lowest BCUT2D eigenvalue weighted by Crippen LogP contribution is -2.22. The summed E-state index contributed by atoms with van der Waals surface area (Å²) in [4.78, 5) is 24.4.